The number of esters is 1. The van der Waals surface area contributed by atoms with E-state index in [0.29, 0.717) is 12.2 Å². The molecule has 1 aliphatic carbocycles. The zero-order chi connectivity index (χ0) is 13.9. The summed E-state index contributed by atoms with van der Waals surface area (Å²) in [4.78, 5) is 22.8. The lowest BCUT2D eigenvalue weighted by Gasteiger charge is -2.17. The smallest absolute Gasteiger partial charge is 0.407 e. The van der Waals surface area contributed by atoms with Gasteiger partial charge in [0.15, 0.2) is 0 Å². The third kappa shape index (κ3) is 2.86. The van der Waals surface area contributed by atoms with E-state index in [1.54, 1.807) is 19.1 Å². The van der Waals surface area contributed by atoms with Crippen LogP contribution in [-0.4, -0.2) is 25.8 Å². The summed E-state index contributed by atoms with van der Waals surface area (Å²) in [7, 11) is 1.35. The van der Waals surface area contributed by atoms with Crippen LogP contribution < -0.4 is 5.32 Å². The van der Waals surface area contributed by atoms with Gasteiger partial charge in [0.1, 0.15) is 0 Å². The van der Waals surface area contributed by atoms with Crippen molar-refractivity contribution in [1.82, 2.24) is 5.32 Å². The van der Waals surface area contributed by atoms with Crippen LogP contribution in [0.1, 0.15) is 35.7 Å². The van der Waals surface area contributed by atoms with Gasteiger partial charge in [-0.25, -0.2) is 9.59 Å². The molecule has 0 saturated heterocycles. The molecule has 1 aromatic carbocycles. The van der Waals surface area contributed by atoms with Crippen molar-refractivity contribution in [2.75, 3.05) is 13.7 Å². The third-order valence-electron chi connectivity index (χ3n) is 3.23. The Kier molecular flexibility index (Phi) is 3.74. The van der Waals surface area contributed by atoms with Crippen molar-refractivity contribution in [1.29, 1.82) is 0 Å². The highest BCUT2D eigenvalue weighted by Crippen LogP contribution is 2.45. The first kappa shape index (κ1) is 13.4. The minimum absolute atomic E-state index is 0.332. The van der Waals surface area contributed by atoms with Gasteiger partial charge < -0.3 is 14.8 Å². The van der Waals surface area contributed by atoms with Crippen LogP contribution >= 0.6 is 0 Å². The van der Waals surface area contributed by atoms with Gasteiger partial charge in [-0.15, -0.1) is 0 Å². The van der Waals surface area contributed by atoms with Gasteiger partial charge in [-0.05, 0) is 37.5 Å². The van der Waals surface area contributed by atoms with E-state index in [1.165, 1.54) is 7.11 Å². The van der Waals surface area contributed by atoms with Gasteiger partial charge in [0.25, 0.3) is 0 Å². The number of nitrogens with one attached hydrogen (secondary N) is 1. The SMILES string of the molecule is CCOC(=O)NC1(c2ccc(C(=O)OC)cc2)CC1. The molecule has 0 aromatic heterocycles. The summed E-state index contributed by atoms with van der Waals surface area (Å²) >= 11 is 0. The molecule has 0 heterocycles. The summed E-state index contributed by atoms with van der Waals surface area (Å²) in [6.07, 6.45) is 1.35. The van der Waals surface area contributed by atoms with Crippen molar-refractivity contribution in [3.63, 3.8) is 0 Å². The van der Waals surface area contributed by atoms with Gasteiger partial charge in [0.05, 0.1) is 24.8 Å². The first-order chi connectivity index (χ1) is 9.11. The molecule has 19 heavy (non-hydrogen) atoms. The van der Waals surface area contributed by atoms with Crippen LogP contribution in [0.4, 0.5) is 4.79 Å². The van der Waals surface area contributed by atoms with Crippen LogP contribution in [0.25, 0.3) is 0 Å². The molecule has 1 N–H and O–H groups in total. The Labute approximate surface area is 111 Å². The quantitative estimate of drug-likeness (QED) is 0.846. The van der Waals surface area contributed by atoms with Gasteiger partial charge >= 0.3 is 12.1 Å². The lowest BCUT2D eigenvalue weighted by molar-refractivity contribution is 0.0600. The highest BCUT2D eigenvalue weighted by Gasteiger charge is 2.46. The topological polar surface area (TPSA) is 64.6 Å². The number of carbonyl (C=O) groups is 2. The van der Waals surface area contributed by atoms with E-state index in [9.17, 15) is 9.59 Å². The third-order valence-corrected chi connectivity index (χ3v) is 3.23. The lowest BCUT2D eigenvalue weighted by Crippen LogP contribution is -2.35. The molecule has 1 saturated carbocycles. The molecule has 5 heteroatoms. The molecule has 1 aromatic rings. The molecule has 0 bridgehead atoms. The van der Waals surface area contributed by atoms with Crippen molar-refractivity contribution in [3.8, 4) is 0 Å². The number of benzene rings is 1. The number of methoxy groups -OCH3 is 1. The molecule has 0 aliphatic heterocycles. The van der Waals surface area contributed by atoms with Gasteiger partial charge in [0.2, 0.25) is 0 Å². The average molecular weight is 263 g/mol. The zero-order valence-electron chi connectivity index (χ0n) is 11.1. The molecule has 0 radical (unpaired) electrons. The van der Waals surface area contributed by atoms with Gasteiger partial charge in [-0.1, -0.05) is 12.1 Å². The van der Waals surface area contributed by atoms with Crippen LogP contribution in [0.2, 0.25) is 0 Å². The van der Waals surface area contributed by atoms with E-state index < -0.39 is 6.09 Å². The Balaban J connectivity index is 2.09. The first-order valence-corrected chi connectivity index (χ1v) is 6.25. The van der Waals surface area contributed by atoms with E-state index in [2.05, 4.69) is 10.1 Å². The maximum Gasteiger partial charge on any atom is 0.407 e. The Hall–Kier alpha value is -2.04. The number of alkyl carbamates (subject to hydrolysis) is 1. The Bertz CT molecular complexity index is 477. The maximum atomic E-state index is 11.5. The number of ether oxygens (including phenoxy) is 2. The summed E-state index contributed by atoms with van der Waals surface area (Å²) in [5, 5.41) is 2.87. The number of carbonyl (C=O) groups excluding carboxylic acids is 2. The molecular weight excluding hydrogens is 246 g/mol. The summed E-state index contributed by atoms with van der Waals surface area (Å²) in [6, 6.07) is 7.08. The van der Waals surface area contributed by atoms with Gasteiger partial charge in [0, 0.05) is 0 Å². The van der Waals surface area contributed by atoms with Crippen LogP contribution in [0, 0.1) is 0 Å². The maximum absolute atomic E-state index is 11.5. The second-order valence-corrected chi connectivity index (χ2v) is 4.50. The lowest BCUT2D eigenvalue weighted by atomic mass is 10.0. The molecule has 1 fully saturated rings. The fraction of sp³-hybridized carbons (Fsp3) is 0.429. The molecule has 0 spiro atoms. The fourth-order valence-electron chi connectivity index (χ4n) is 2.02. The molecule has 5 nitrogen and oxygen atoms in total. The molecule has 2 rings (SSSR count). The van der Waals surface area contributed by atoms with Crippen LogP contribution in [-0.2, 0) is 15.0 Å². The summed E-state index contributed by atoms with van der Waals surface area (Å²) in [5.74, 6) is -0.366. The van der Waals surface area contributed by atoms with E-state index in [-0.39, 0.29) is 11.5 Å². The number of hydrogen-bond acceptors (Lipinski definition) is 4. The van der Waals surface area contributed by atoms with E-state index in [1.807, 2.05) is 12.1 Å². The number of rotatable bonds is 4. The first-order valence-electron chi connectivity index (χ1n) is 6.25. The monoisotopic (exact) mass is 263 g/mol. The predicted octanol–water partition coefficient (Wildman–Crippen LogP) is 2.21. The standard InChI is InChI=1S/C14H17NO4/c1-3-19-13(17)15-14(8-9-14)11-6-4-10(5-7-11)12(16)18-2/h4-7H,3,8-9H2,1-2H3,(H,15,17). The second-order valence-electron chi connectivity index (χ2n) is 4.50. The fourth-order valence-corrected chi connectivity index (χ4v) is 2.02. The number of hydrogen-bond donors (Lipinski definition) is 1. The Morgan fingerprint density at radius 1 is 1.26 bits per heavy atom. The largest absolute Gasteiger partial charge is 0.465 e. The van der Waals surface area contributed by atoms with Crippen molar-refractivity contribution < 1.29 is 19.1 Å². The normalized spacial score (nSPS) is 15.5. The van der Waals surface area contributed by atoms with Crippen molar-refractivity contribution in [3.05, 3.63) is 35.4 Å². The zero-order valence-corrected chi connectivity index (χ0v) is 11.1. The summed E-state index contributed by atoms with van der Waals surface area (Å²) in [6.45, 7) is 2.12. The van der Waals surface area contributed by atoms with Crippen LogP contribution in [0.3, 0.4) is 0 Å². The molecule has 1 aliphatic rings. The molecule has 102 valence electrons. The van der Waals surface area contributed by atoms with Gasteiger partial charge in [-0.3, -0.25) is 0 Å². The van der Waals surface area contributed by atoms with Crippen LogP contribution in [0.15, 0.2) is 24.3 Å². The molecule has 0 atom stereocenters. The van der Waals surface area contributed by atoms with E-state index >= 15 is 0 Å². The highest BCUT2D eigenvalue weighted by molar-refractivity contribution is 5.89. The Morgan fingerprint density at radius 3 is 2.37 bits per heavy atom. The molecule has 0 unspecified atom stereocenters. The van der Waals surface area contributed by atoms with Gasteiger partial charge in [-0.2, -0.15) is 0 Å². The summed E-state index contributed by atoms with van der Waals surface area (Å²) in [5.41, 5.74) is 1.15. The van der Waals surface area contributed by atoms with Crippen molar-refractivity contribution in [2.24, 2.45) is 0 Å². The summed E-state index contributed by atoms with van der Waals surface area (Å²) < 4.78 is 9.54. The van der Waals surface area contributed by atoms with Crippen molar-refractivity contribution >= 4 is 12.1 Å². The van der Waals surface area contributed by atoms with E-state index in [4.69, 9.17) is 4.74 Å². The second kappa shape index (κ2) is 5.30. The average Bonchev–Trinajstić information content (AvgIpc) is 3.19. The minimum Gasteiger partial charge on any atom is -0.465 e. The van der Waals surface area contributed by atoms with Crippen LogP contribution in [0.5, 0.6) is 0 Å². The highest BCUT2D eigenvalue weighted by atomic mass is 16.5. The van der Waals surface area contributed by atoms with Crippen molar-refractivity contribution in [2.45, 2.75) is 25.3 Å². The predicted molar refractivity (Wildman–Crippen MR) is 68.9 cm³/mol. The molecular formula is C14H17NO4. The Morgan fingerprint density at radius 2 is 1.89 bits per heavy atom. The number of amides is 1. The minimum atomic E-state index is -0.406. The van der Waals surface area contributed by atoms with E-state index in [0.717, 1.165) is 18.4 Å². The molecule has 1 amide bonds.